The molecule has 15 heavy (non-hydrogen) atoms. The van der Waals surface area contributed by atoms with E-state index in [1.165, 1.54) is 0 Å². The van der Waals surface area contributed by atoms with Gasteiger partial charge >= 0.3 is 0 Å². The van der Waals surface area contributed by atoms with Crippen molar-refractivity contribution in [2.24, 2.45) is 0 Å². The van der Waals surface area contributed by atoms with Crippen molar-refractivity contribution in [3.63, 3.8) is 0 Å². The predicted molar refractivity (Wildman–Crippen MR) is 58.6 cm³/mol. The van der Waals surface area contributed by atoms with Gasteiger partial charge in [-0.3, -0.25) is 4.79 Å². The highest BCUT2D eigenvalue weighted by Gasteiger charge is 2.10. The van der Waals surface area contributed by atoms with Crippen LogP contribution in [-0.2, 0) is 0 Å². The van der Waals surface area contributed by atoms with Crippen LogP contribution >= 0.6 is 0 Å². The third kappa shape index (κ3) is 2.75. The highest BCUT2D eigenvalue weighted by molar-refractivity contribution is 5.97. The summed E-state index contributed by atoms with van der Waals surface area (Å²) in [6.07, 6.45) is 5.54. The van der Waals surface area contributed by atoms with Crippen molar-refractivity contribution in [2.75, 3.05) is 6.54 Å². The molecule has 0 spiro atoms. The first-order chi connectivity index (χ1) is 7.16. The molecule has 0 radical (unpaired) electrons. The van der Waals surface area contributed by atoms with Crippen LogP contribution in [0.3, 0.4) is 0 Å². The van der Waals surface area contributed by atoms with Gasteiger partial charge in [-0.1, -0.05) is 12.1 Å². The molecule has 0 fully saturated rings. The van der Waals surface area contributed by atoms with Gasteiger partial charge in [-0.25, -0.2) is 0 Å². The van der Waals surface area contributed by atoms with Gasteiger partial charge < -0.3 is 10.4 Å². The molecule has 0 atom stereocenters. The van der Waals surface area contributed by atoms with E-state index >= 15 is 0 Å². The number of hydrogen-bond donors (Lipinski definition) is 2. The Morgan fingerprint density at radius 2 is 2.33 bits per heavy atom. The minimum atomic E-state index is -0.300. The third-order valence-electron chi connectivity index (χ3n) is 2.04. The van der Waals surface area contributed by atoms with Gasteiger partial charge in [0.05, 0.1) is 5.56 Å². The number of terminal acetylenes is 1. The Labute approximate surface area is 89.1 Å². The molecule has 2 N–H and O–H groups in total. The smallest absolute Gasteiger partial charge is 0.255 e. The summed E-state index contributed by atoms with van der Waals surface area (Å²) in [6.45, 7) is 2.16. The number of aromatic hydroxyl groups is 1. The molecule has 0 saturated heterocycles. The molecule has 78 valence electrons. The molecule has 1 aromatic rings. The van der Waals surface area contributed by atoms with Gasteiger partial charge in [0.1, 0.15) is 5.75 Å². The first kappa shape index (κ1) is 11.1. The SMILES string of the molecule is C#CCCNC(=O)c1cccc(C)c1O. The Hall–Kier alpha value is -1.95. The van der Waals surface area contributed by atoms with Crippen LogP contribution in [-0.4, -0.2) is 17.6 Å². The molecule has 0 heterocycles. The number of amides is 1. The number of aryl methyl sites for hydroxylation is 1. The molecular weight excluding hydrogens is 190 g/mol. The van der Waals surface area contributed by atoms with Gasteiger partial charge in [0.2, 0.25) is 0 Å². The number of hydrogen-bond acceptors (Lipinski definition) is 2. The monoisotopic (exact) mass is 203 g/mol. The number of benzene rings is 1. The largest absolute Gasteiger partial charge is 0.507 e. The van der Waals surface area contributed by atoms with Crippen molar-refractivity contribution < 1.29 is 9.90 Å². The van der Waals surface area contributed by atoms with E-state index in [2.05, 4.69) is 11.2 Å². The van der Waals surface area contributed by atoms with Crippen molar-refractivity contribution in [3.05, 3.63) is 29.3 Å². The van der Waals surface area contributed by atoms with E-state index in [9.17, 15) is 9.90 Å². The second kappa shape index (κ2) is 5.06. The van der Waals surface area contributed by atoms with Crippen molar-refractivity contribution in [1.29, 1.82) is 0 Å². The molecule has 0 aliphatic rings. The first-order valence-electron chi connectivity index (χ1n) is 4.67. The predicted octanol–water partition coefficient (Wildman–Crippen LogP) is 1.45. The number of carbonyl (C=O) groups is 1. The van der Waals surface area contributed by atoms with Crippen LogP contribution in [0.5, 0.6) is 5.75 Å². The maximum atomic E-state index is 11.6. The zero-order chi connectivity index (χ0) is 11.3. The topological polar surface area (TPSA) is 49.3 Å². The van der Waals surface area contributed by atoms with E-state index in [-0.39, 0.29) is 17.2 Å². The molecule has 3 nitrogen and oxygen atoms in total. The molecule has 0 aliphatic heterocycles. The standard InChI is InChI=1S/C12H13NO2/c1-3-4-8-13-12(15)10-7-5-6-9(2)11(10)14/h1,5-7,14H,4,8H2,2H3,(H,13,15). The molecular formula is C12H13NO2. The lowest BCUT2D eigenvalue weighted by Crippen LogP contribution is -2.24. The molecule has 1 aromatic carbocycles. The normalized spacial score (nSPS) is 9.33. The van der Waals surface area contributed by atoms with Gasteiger partial charge in [0.15, 0.2) is 0 Å². The average Bonchev–Trinajstić information content (AvgIpc) is 2.22. The Morgan fingerprint density at radius 1 is 1.60 bits per heavy atom. The van der Waals surface area contributed by atoms with Crippen molar-refractivity contribution in [3.8, 4) is 18.1 Å². The highest BCUT2D eigenvalue weighted by atomic mass is 16.3. The highest BCUT2D eigenvalue weighted by Crippen LogP contribution is 2.20. The molecule has 0 saturated carbocycles. The first-order valence-corrected chi connectivity index (χ1v) is 4.67. The maximum Gasteiger partial charge on any atom is 0.255 e. The molecule has 3 heteroatoms. The Kier molecular flexibility index (Phi) is 3.75. The van der Waals surface area contributed by atoms with Crippen LogP contribution in [0.25, 0.3) is 0 Å². The Balaban J connectivity index is 2.75. The van der Waals surface area contributed by atoms with Crippen LogP contribution in [0.1, 0.15) is 22.3 Å². The second-order valence-corrected chi connectivity index (χ2v) is 3.18. The average molecular weight is 203 g/mol. The molecule has 0 aliphatic carbocycles. The summed E-state index contributed by atoms with van der Waals surface area (Å²) in [5, 5.41) is 12.2. The molecule has 0 bridgehead atoms. The van der Waals surface area contributed by atoms with Crippen LogP contribution in [0.2, 0.25) is 0 Å². The summed E-state index contributed by atoms with van der Waals surface area (Å²) < 4.78 is 0. The second-order valence-electron chi connectivity index (χ2n) is 3.18. The van der Waals surface area contributed by atoms with Crippen molar-refractivity contribution in [1.82, 2.24) is 5.32 Å². The van der Waals surface area contributed by atoms with E-state index in [1.807, 2.05) is 0 Å². The molecule has 0 unspecified atom stereocenters. The van der Waals surface area contributed by atoms with Crippen LogP contribution in [0.15, 0.2) is 18.2 Å². The lowest BCUT2D eigenvalue weighted by atomic mass is 10.1. The fourth-order valence-electron chi connectivity index (χ4n) is 1.19. The summed E-state index contributed by atoms with van der Waals surface area (Å²) in [6, 6.07) is 5.05. The van der Waals surface area contributed by atoms with E-state index in [0.717, 1.165) is 0 Å². The summed E-state index contributed by atoms with van der Waals surface area (Å²) in [5.74, 6) is 2.15. The van der Waals surface area contributed by atoms with Gasteiger partial charge in [0.25, 0.3) is 5.91 Å². The third-order valence-corrected chi connectivity index (χ3v) is 2.04. The van der Waals surface area contributed by atoms with Crippen LogP contribution in [0, 0.1) is 19.3 Å². The van der Waals surface area contributed by atoms with Crippen molar-refractivity contribution in [2.45, 2.75) is 13.3 Å². The van der Waals surface area contributed by atoms with E-state index in [4.69, 9.17) is 6.42 Å². The van der Waals surface area contributed by atoms with Gasteiger partial charge in [0, 0.05) is 13.0 Å². The maximum absolute atomic E-state index is 11.6. The van der Waals surface area contributed by atoms with Gasteiger partial charge in [-0.2, -0.15) is 0 Å². The summed E-state index contributed by atoms with van der Waals surface area (Å²) >= 11 is 0. The zero-order valence-electron chi connectivity index (χ0n) is 8.58. The summed E-state index contributed by atoms with van der Waals surface area (Å²) in [5.41, 5.74) is 0.964. The van der Waals surface area contributed by atoms with E-state index in [0.29, 0.717) is 18.5 Å². The Morgan fingerprint density at radius 3 is 3.00 bits per heavy atom. The number of phenols is 1. The number of carbonyl (C=O) groups excluding carboxylic acids is 1. The van der Waals surface area contributed by atoms with Gasteiger partial charge in [-0.05, 0) is 18.6 Å². The lowest BCUT2D eigenvalue weighted by Gasteiger charge is -2.06. The molecule has 0 aromatic heterocycles. The minimum absolute atomic E-state index is 0.0238. The lowest BCUT2D eigenvalue weighted by molar-refractivity contribution is 0.0952. The quantitative estimate of drug-likeness (QED) is 0.577. The Bertz CT molecular complexity index is 405. The van der Waals surface area contributed by atoms with Crippen LogP contribution in [0.4, 0.5) is 0 Å². The number of rotatable bonds is 3. The summed E-state index contributed by atoms with van der Waals surface area (Å²) in [4.78, 5) is 11.6. The van der Waals surface area contributed by atoms with Crippen LogP contribution < -0.4 is 5.32 Å². The van der Waals surface area contributed by atoms with E-state index < -0.39 is 0 Å². The zero-order valence-corrected chi connectivity index (χ0v) is 8.58. The van der Waals surface area contributed by atoms with Crippen molar-refractivity contribution >= 4 is 5.91 Å². The number of nitrogens with one attached hydrogen (secondary N) is 1. The summed E-state index contributed by atoms with van der Waals surface area (Å²) in [7, 11) is 0. The number of phenolic OH excluding ortho intramolecular Hbond substituents is 1. The van der Waals surface area contributed by atoms with Gasteiger partial charge in [-0.15, -0.1) is 12.3 Å². The molecule has 1 rings (SSSR count). The van der Waals surface area contributed by atoms with E-state index in [1.54, 1.807) is 25.1 Å². The minimum Gasteiger partial charge on any atom is -0.507 e. The number of para-hydroxylation sites is 1. The molecule has 1 amide bonds. The fraction of sp³-hybridized carbons (Fsp3) is 0.250. The fourth-order valence-corrected chi connectivity index (χ4v) is 1.19.